The molecule has 2 aromatic heterocycles. The Kier molecular flexibility index (Phi) is 3.83. The number of nitrogens with one attached hydrogen (secondary N) is 1. The zero-order chi connectivity index (χ0) is 14.7. The predicted octanol–water partition coefficient (Wildman–Crippen LogP) is 2.23. The highest BCUT2D eigenvalue weighted by Gasteiger charge is 2.06. The molecule has 0 saturated heterocycles. The summed E-state index contributed by atoms with van der Waals surface area (Å²) >= 11 is 1.53. The molecule has 0 spiro atoms. The number of hydrogen-bond acceptors (Lipinski definition) is 4. The van der Waals surface area contributed by atoms with E-state index in [9.17, 15) is 9.18 Å². The first-order valence-electron chi connectivity index (χ1n) is 6.27. The molecule has 21 heavy (non-hydrogen) atoms. The number of carbonyl (C=O) groups excluding carboxylic acids is 1. The molecule has 0 aliphatic rings. The molecule has 108 valence electrons. The van der Waals surface area contributed by atoms with Gasteiger partial charge in [0.2, 0.25) is 0 Å². The van der Waals surface area contributed by atoms with Crippen LogP contribution in [0.25, 0.3) is 4.96 Å². The highest BCUT2D eigenvalue weighted by atomic mass is 32.1. The monoisotopic (exact) mass is 305 g/mol. The molecule has 2 heterocycles. The van der Waals surface area contributed by atoms with E-state index in [1.54, 1.807) is 0 Å². The third kappa shape index (κ3) is 3.38. The first-order valence-corrected chi connectivity index (χ1v) is 7.15. The Labute approximate surface area is 124 Å². The second-order valence-corrected chi connectivity index (χ2v) is 5.22. The zero-order valence-electron chi connectivity index (χ0n) is 11.0. The Morgan fingerprint density at radius 3 is 2.95 bits per heavy atom. The Balaban J connectivity index is 1.48. The van der Waals surface area contributed by atoms with Crippen LogP contribution in [0.2, 0.25) is 0 Å². The van der Waals surface area contributed by atoms with Crippen LogP contribution in [-0.4, -0.2) is 21.9 Å². The lowest BCUT2D eigenvalue weighted by Crippen LogP contribution is -2.28. The lowest BCUT2D eigenvalue weighted by molar-refractivity contribution is -0.123. The van der Waals surface area contributed by atoms with E-state index in [1.165, 1.54) is 35.6 Å². The van der Waals surface area contributed by atoms with Gasteiger partial charge in [-0.2, -0.15) is 0 Å². The van der Waals surface area contributed by atoms with Gasteiger partial charge in [-0.05, 0) is 24.3 Å². The third-order valence-electron chi connectivity index (χ3n) is 2.79. The summed E-state index contributed by atoms with van der Waals surface area (Å²) in [6, 6.07) is 5.52. The van der Waals surface area contributed by atoms with E-state index in [2.05, 4.69) is 10.3 Å². The molecule has 3 rings (SSSR count). The van der Waals surface area contributed by atoms with Crippen molar-refractivity contribution in [2.45, 2.75) is 6.54 Å². The lowest BCUT2D eigenvalue weighted by atomic mass is 10.3. The number of benzene rings is 1. The van der Waals surface area contributed by atoms with Crippen LogP contribution in [0.3, 0.4) is 0 Å². The number of hydrogen-bond donors (Lipinski definition) is 1. The van der Waals surface area contributed by atoms with E-state index in [0.29, 0.717) is 12.3 Å². The quantitative estimate of drug-likeness (QED) is 0.786. The molecule has 1 N–H and O–H groups in total. The van der Waals surface area contributed by atoms with Crippen LogP contribution >= 0.6 is 11.3 Å². The number of thiazole rings is 1. The average Bonchev–Trinajstić information content (AvgIpc) is 3.05. The van der Waals surface area contributed by atoms with Crippen molar-refractivity contribution in [2.75, 3.05) is 6.61 Å². The number of halogens is 1. The van der Waals surface area contributed by atoms with Crippen molar-refractivity contribution in [1.29, 1.82) is 0 Å². The average molecular weight is 305 g/mol. The van der Waals surface area contributed by atoms with Crippen molar-refractivity contribution in [3.05, 3.63) is 53.6 Å². The van der Waals surface area contributed by atoms with Crippen molar-refractivity contribution in [1.82, 2.24) is 14.7 Å². The van der Waals surface area contributed by atoms with Gasteiger partial charge in [0, 0.05) is 17.8 Å². The number of amides is 1. The van der Waals surface area contributed by atoms with Gasteiger partial charge in [0.1, 0.15) is 11.6 Å². The Bertz CT molecular complexity index is 723. The molecule has 0 radical (unpaired) electrons. The summed E-state index contributed by atoms with van der Waals surface area (Å²) in [7, 11) is 0. The van der Waals surface area contributed by atoms with Gasteiger partial charge in [0.05, 0.1) is 12.2 Å². The van der Waals surface area contributed by atoms with Crippen molar-refractivity contribution < 1.29 is 13.9 Å². The SMILES string of the molecule is O=C(COc1ccc(F)cc1)NCc1cn2ccsc2n1. The molecular formula is C14H12FN3O2S. The number of aromatic nitrogens is 2. The maximum atomic E-state index is 12.7. The fourth-order valence-electron chi connectivity index (χ4n) is 1.78. The van der Waals surface area contributed by atoms with E-state index in [0.717, 1.165) is 10.7 Å². The summed E-state index contributed by atoms with van der Waals surface area (Å²) in [6.07, 6.45) is 3.78. The molecule has 0 aliphatic carbocycles. The maximum Gasteiger partial charge on any atom is 0.258 e. The fourth-order valence-corrected chi connectivity index (χ4v) is 2.50. The van der Waals surface area contributed by atoms with Gasteiger partial charge in [-0.1, -0.05) is 0 Å². The molecule has 3 aromatic rings. The number of fused-ring (bicyclic) bond motifs is 1. The number of nitrogens with zero attached hydrogens (tertiary/aromatic N) is 2. The Morgan fingerprint density at radius 2 is 2.19 bits per heavy atom. The number of carbonyl (C=O) groups is 1. The standard InChI is InChI=1S/C14H12FN3O2S/c15-10-1-3-12(4-2-10)20-9-13(19)16-7-11-8-18-5-6-21-14(18)17-11/h1-6,8H,7,9H2,(H,16,19). The van der Waals surface area contributed by atoms with Crippen LogP contribution in [0, 0.1) is 5.82 Å². The van der Waals surface area contributed by atoms with Crippen LogP contribution in [0.15, 0.2) is 42.0 Å². The molecule has 0 saturated carbocycles. The molecule has 0 bridgehead atoms. The molecular weight excluding hydrogens is 293 g/mol. The summed E-state index contributed by atoms with van der Waals surface area (Å²) in [5, 5.41) is 4.67. The number of rotatable bonds is 5. The summed E-state index contributed by atoms with van der Waals surface area (Å²) in [5.41, 5.74) is 0.789. The molecule has 0 unspecified atom stereocenters. The highest BCUT2D eigenvalue weighted by Crippen LogP contribution is 2.12. The van der Waals surface area contributed by atoms with Crippen LogP contribution in [-0.2, 0) is 11.3 Å². The van der Waals surface area contributed by atoms with Crippen LogP contribution in [0.4, 0.5) is 4.39 Å². The van der Waals surface area contributed by atoms with Crippen molar-refractivity contribution in [2.24, 2.45) is 0 Å². The van der Waals surface area contributed by atoms with E-state index in [1.807, 2.05) is 22.2 Å². The van der Waals surface area contributed by atoms with Gasteiger partial charge in [-0.3, -0.25) is 9.20 Å². The van der Waals surface area contributed by atoms with Gasteiger partial charge in [-0.15, -0.1) is 11.3 Å². The minimum absolute atomic E-state index is 0.117. The molecule has 7 heteroatoms. The first kappa shape index (κ1) is 13.6. The van der Waals surface area contributed by atoms with Gasteiger partial charge in [0.25, 0.3) is 5.91 Å². The summed E-state index contributed by atoms with van der Waals surface area (Å²) in [5.74, 6) is -0.142. The normalized spacial score (nSPS) is 10.7. The largest absolute Gasteiger partial charge is 0.484 e. The minimum Gasteiger partial charge on any atom is -0.484 e. The summed E-state index contributed by atoms with van der Waals surface area (Å²) < 4.78 is 19.9. The molecule has 0 atom stereocenters. The summed E-state index contributed by atoms with van der Waals surface area (Å²) in [6.45, 7) is 0.230. The van der Waals surface area contributed by atoms with Gasteiger partial charge < -0.3 is 10.1 Å². The molecule has 0 fully saturated rings. The first-order chi connectivity index (χ1) is 10.2. The van der Waals surface area contributed by atoms with Crippen LogP contribution < -0.4 is 10.1 Å². The molecule has 0 aliphatic heterocycles. The summed E-state index contributed by atoms with van der Waals surface area (Å²) in [4.78, 5) is 16.9. The second kappa shape index (κ2) is 5.92. The smallest absolute Gasteiger partial charge is 0.258 e. The van der Waals surface area contributed by atoms with Crippen LogP contribution in [0.1, 0.15) is 5.69 Å². The van der Waals surface area contributed by atoms with Gasteiger partial charge >= 0.3 is 0 Å². The molecule has 1 aromatic carbocycles. The predicted molar refractivity (Wildman–Crippen MR) is 76.8 cm³/mol. The van der Waals surface area contributed by atoms with E-state index in [-0.39, 0.29) is 18.3 Å². The topological polar surface area (TPSA) is 55.6 Å². The maximum absolute atomic E-state index is 12.7. The second-order valence-electron chi connectivity index (χ2n) is 4.34. The Hall–Kier alpha value is -2.41. The Morgan fingerprint density at radius 1 is 1.38 bits per heavy atom. The number of ether oxygens (including phenoxy) is 1. The minimum atomic E-state index is -0.341. The number of imidazole rings is 1. The van der Waals surface area contributed by atoms with Gasteiger partial charge in [-0.25, -0.2) is 9.37 Å². The van der Waals surface area contributed by atoms with E-state index in [4.69, 9.17) is 4.74 Å². The van der Waals surface area contributed by atoms with Crippen molar-refractivity contribution in [3.8, 4) is 5.75 Å². The molecule has 1 amide bonds. The van der Waals surface area contributed by atoms with E-state index < -0.39 is 0 Å². The van der Waals surface area contributed by atoms with Crippen molar-refractivity contribution >= 4 is 22.2 Å². The fraction of sp³-hybridized carbons (Fsp3) is 0.143. The van der Waals surface area contributed by atoms with E-state index >= 15 is 0 Å². The third-order valence-corrected chi connectivity index (χ3v) is 3.56. The van der Waals surface area contributed by atoms with Crippen LogP contribution in [0.5, 0.6) is 5.75 Å². The zero-order valence-corrected chi connectivity index (χ0v) is 11.8. The lowest BCUT2D eigenvalue weighted by Gasteiger charge is -2.06. The van der Waals surface area contributed by atoms with Crippen molar-refractivity contribution in [3.63, 3.8) is 0 Å². The highest BCUT2D eigenvalue weighted by molar-refractivity contribution is 7.15. The molecule has 5 nitrogen and oxygen atoms in total. The van der Waals surface area contributed by atoms with Gasteiger partial charge in [0.15, 0.2) is 11.6 Å².